The number of nitrogens with one attached hydrogen (secondary N) is 1. The van der Waals surface area contributed by atoms with E-state index >= 15 is 0 Å². The Morgan fingerprint density at radius 3 is 2.68 bits per heavy atom. The van der Waals surface area contributed by atoms with Crippen LogP contribution in [-0.4, -0.2) is 62.9 Å². The van der Waals surface area contributed by atoms with Crippen LogP contribution < -0.4 is 0 Å². The van der Waals surface area contributed by atoms with E-state index in [1.165, 1.54) is 18.1 Å². The maximum atomic E-state index is 12.5. The maximum absolute atomic E-state index is 12.5. The van der Waals surface area contributed by atoms with Gasteiger partial charge >= 0.3 is 5.97 Å². The van der Waals surface area contributed by atoms with E-state index in [-0.39, 0.29) is 18.4 Å². The summed E-state index contributed by atoms with van der Waals surface area (Å²) >= 11 is 0. The molecule has 25 heavy (non-hydrogen) atoms. The van der Waals surface area contributed by atoms with Crippen molar-refractivity contribution < 1.29 is 14.7 Å². The fraction of sp³-hybridized carbons (Fsp3) is 0.389. The summed E-state index contributed by atoms with van der Waals surface area (Å²) in [5.41, 5.74) is 0.694. The van der Waals surface area contributed by atoms with Gasteiger partial charge in [0.2, 0.25) is 0 Å². The van der Waals surface area contributed by atoms with Crippen LogP contribution in [0, 0.1) is 11.3 Å². The minimum atomic E-state index is -0.884. The summed E-state index contributed by atoms with van der Waals surface area (Å²) in [5.74, 6) is -1.05. The highest BCUT2D eigenvalue weighted by atomic mass is 16.4. The first-order valence-corrected chi connectivity index (χ1v) is 8.36. The minimum absolute atomic E-state index is 0.0550. The number of carbonyl (C=O) groups is 2. The number of carbonyl (C=O) groups excluding carboxylic acids is 1. The van der Waals surface area contributed by atoms with Crippen LogP contribution in [0.3, 0.4) is 0 Å². The molecule has 7 heteroatoms. The highest BCUT2D eigenvalue weighted by molar-refractivity contribution is 5.93. The van der Waals surface area contributed by atoms with Crippen LogP contribution in [0.5, 0.6) is 0 Å². The second-order valence-electron chi connectivity index (χ2n) is 6.96. The van der Waals surface area contributed by atoms with Crippen LogP contribution in [-0.2, 0) is 11.3 Å². The van der Waals surface area contributed by atoms with Crippen molar-refractivity contribution in [3.63, 3.8) is 0 Å². The molecule has 0 spiro atoms. The standard InChI is InChI=1S/C18H20N4O3/c23-16(15-6-19-12-20-15)22-9-14-8-21(7-13-4-2-1-3-5-13)10-18(14,11-22)17(24)25/h1-6,12,14H,7-11H2,(H,19,20)(H,24,25)/t14-,18-/m0/s1. The van der Waals surface area contributed by atoms with Gasteiger partial charge in [-0.25, -0.2) is 4.98 Å². The number of carboxylic acid groups (broad SMARTS) is 1. The van der Waals surface area contributed by atoms with E-state index in [0.717, 1.165) is 6.54 Å². The van der Waals surface area contributed by atoms with Crippen molar-refractivity contribution in [1.29, 1.82) is 0 Å². The average Bonchev–Trinajstić information content (AvgIpc) is 3.29. The van der Waals surface area contributed by atoms with Gasteiger partial charge < -0.3 is 15.0 Å². The Hall–Kier alpha value is -2.67. The third kappa shape index (κ3) is 2.70. The molecule has 0 aliphatic carbocycles. The van der Waals surface area contributed by atoms with E-state index in [1.807, 2.05) is 18.2 Å². The van der Waals surface area contributed by atoms with Crippen LogP contribution in [0.4, 0.5) is 0 Å². The van der Waals surface area contributed by atoms with Crippen LogP contribution >= 0.6 is 0 Å². The Bertz CT molecular complexity index is 777. The van der Waals surface area contributed by atoms with Crippen LogP contribution in [0.2, 0.25) is 0 Å². The van der Waals surface area contributed by atoms with Crippen LogP contribution in [0.1, 0.15) is 16.1 Å². The second-order valence-corrected chi connectivity index (χ2v) is 6.96. The maximum Gasteiger partial charge on any atom is 0.313 e. The van der Waals surface area contributed by atoms with Gasteiger partial charge in [-0.3, -0.25) is 14.5 Å². The van der Waals surface area contributed by atoms with Gasteiger partial charge in [0.1, 0.15) is 11.1 Å². The Morgan fingerprint density at radius 2 is 2.04 bits per heavy atom. The van der Waals surface area contributed by atoms with Gasteiger partial charge in [0.15, 0.2) is 0 Å². The summed E-state index contributed by atoms with van der Waals surface area (Å²) in [4.78, 5) is 35.1. The fourth-order valence-electron chi connectivity index (χ4n) is 4.13. The molecule has 1 aromatic carbocycles. The Morgan fingerprint density at radius 1 is 1.24 bits per heavy atom. The Balaban J connectivity index is 1.50. The van der Waals surface area contributed by atoms with Gasteiger partial charge in [-0.2, -0.15) is 0 Å². The number of aliphatic carboxylic acids is 1. The van der Waals surface area contributed by atoms with Crippen molar-refractivity contribution in [2.75, 3.05) is 26.2 Å². The highest BCUT2D eigenvalue weighted by Crippen LogP contribution is 2.43. The molecule has 2 atom stereocenters. The monoisotopic (exact) mass is 340 g/mol. The van der Waals surface area contributed by atoms with Gasteiger partial charge in [-0.15, -0.1) is 0 Å². The zero-order chi connectivity index (χ0) is 17.4. The number of imidazole rings is 1. The van der Waals surface area contributed by atoms with Gasteiger partial charge in [0.05, 0.1) is 12.5 Å². The second kappa shape index (κ2) is 6.00. The van der Waals surface area contributed by atoms with E-state index in [2.05, 4.69) is 27.0 Å². The highest BCUT2D eigenvalue weighted by Gasteiger charge is 2.58. The lowest BCUT2D eigenvalue weighted by atomic mass is 9.81. The number of H-pyrrole nitrogens is 1. The number of nitrogens with zero attached hydrogens (tertiary/aromatic N) is 3. The number of likely N-dealkylation sites (tertiary alicyclic amines) is 2. The summed E-state index contributed by atoms with van der Waals surface area (Å²) in [6.07, 6.45) is 2.93. The van der Waals surface area contributed by atoms with E-state index in [9.17, 15) is 14.7 Å². The van der Waals surface area contributed by atoms with Crippen molar-refractivity contribution >= 4 is 11.9 Å². The molecule has 1 aromatic heterocycles. The number of benzene rings is 1. The topological polar surface area (TPSA) is 89.5 Å². The van der Waals surface area contributed by atoms with Crippen LogP contribution in [0.15, 0.2) is 42.9 Å². The SMILES string of the molecule is O=C(c1cnc[nH]1)N1C[C@@H]2CN(Cc3ccccc3)C[C@]2(C(=O)O)C1. The number of amides is 1. The zero-order valence-corrected chi connectivity index (χ0v) is 13.8. The van der Waals surface area contributed by atoms with Crippen molar-refractivity contribution in [3.05, 3.63) is 54.1 Å². The van der Waals surface area contributed by atoms with Gasteiger partial charge in [-0.1, -0.05) is 30.3 Å². The predicted molar refractivity (Wildman–Crippen MR) is 89.8 cm³/mol. The summed E-state index contributed by atoms with van der Waals surface area (Å²) in [7, 11) is 0. The van der Waals surface area contributed by atoms with Crippen molar-refractivity contribution in [3.8, 4) is 0 Å². The number of aromatic nitrogens is 2. The summed E-state index contributed by atoms with van der Waals surface area (Å²) < 4.78 is 0. The van der Waals surface area contributed by atoms with Crippen molar-refractivity contribution in [2.24, 2.45) is 11.3 Å². The molecule has 0 unspecified atom stereocenters. The van der Waals surface area contributed by atoms with E-state index in [1.54, 1.807) is 4.90 Å². The Kier molecular flexibility index (Phi) is 3.80. The van der Waals surface area contributed by atoms with Gasteiger partial charge in [0, 0.05) is 38.6 Å². The fourth-order valence-corrected chi connectivity index (χ4v) is 4.13. The molecule has 2 aromatic rings. The minimum Gasteiger partial charge on any atom is -0.481 e. The lowest BCUT2D eigenvalue weighted by Crippen LogP contribution is -2.42. The first-order valence-electron chi connectivity index (χ1n) is 8.36. The normalized spacial score (nSPS) is 25.9. The first kappa shape index (κ1) is 15.8. The number of hydrogen-bond donors (Lipinski definition) is 2. The molecule has 7 nitrogen and oxygen atoms in total. The van der Waals surface area contributed by atoms with E-state index < -0.39 is 11.4 Å². The van der Waals surface area contributed by atoms with Crippen molar-refractivity contribution in [2.45, 2.75) is 6.54 Å². The molecule has 2 N–H and O–H groups in total. The number of fused-ring (bicyclic) bond motifs is 1. The quantitative estimate of drug-likeness (QED) is 0.869. The number of aromatic amines is 1. The van der Waals surface area contributed by atoms with Gasteiger partial charge in [0.25, 0.3) is 5.91 Å². The molecular formula is C18H20N4O3. The molecule has 0 radical (unpaired) electrons. The summed E-state index contributed by atoms with van der Waals surface area (Å²) in [5, 5.41) is 9.90. The third-order valence-corrected chi connectivity index (χ3v) is 5.37. The largest absolute Gasteiger partial charge is 0.481 e. The molecule has 1 amide bonds. The molecule has 2 saturated heterocycles. The lowest BCUT2D eigenvalue weighted by Gasteiger charge is -2.25. The summed E-state index contributed by atoms with van der Waals surface area (Å²) in [6, 6.07) is 10.1. The molecule has 0 saturated carbocycles. The molecule has 130 valence electrons. The smallest absolute Gasteiger partial charge is 0.313 e. The molecule has 3 heterocycles. The average molecular weight is 340 g/mol. The molecular weight excluding hydrogens is 320 g/mol. The van der Waals surface area contributed by atoms with Crippen LogP contribution in [0.25, 0.3) is 0 Å². The summed E-state index contributed by atoms with van der Waals surface area (Å²) in [6.45, 7) is 2.61. The molecule has 2 aliphatic heterocycles. The number of hydrogen-bond acceptors (Lipinski definition) is 4. The van der Waals surface area contributed by atoms with E-state index in [0.29, 0.717) is 25.3 Å². The molecule has 0 bridgehead atoms. The molecule has 4 rings (SSSR count). The Labute approximate surface area is 145 Å². The third-order valence-electron chi connectivity index (χ3n) is 5.37. The number of rotatable bonds is 4. The van der Waals surface area contributed by atoms with Crippen molar-refractivity contribution in [1.82, 2.24) is 19.8 Å². The lowest BCUT2D eigenvalue weighted by molar-refractivity contribution is -0.148. The predicted octanol–water partition coefficient (Wildman–Crippen LogP) is 1.07. The number of carboxylic acids is 1. The zero-order valence-electron chi connectivity index (χ0n) is 13.8. The first-order chi connectivity index (χ1) is 12.1. The van der Waals surface area contributed by atoms with Gasteiger partial charge in [-0.05, 0) is 5.56 Å². The molecule has 2 aliphatic rings. The molecule has 2 fully saturated rings. The van der Waals surface area contributed by atoms with E-state index in [4.69, 9.17) is 0 Å².